The Bertz CT molecular complexity index is 1720. The van der Waals surface area contributed by atoms with E-state index in [0.717, 1.165) is 49.5 Å². The Morgan fingerprint density at radius 2 is 1.68 bits per heavy atom. The summed E-state index contributed by atoms with van der Waals surface area (Å²) in [6, 6.07) is 18.8. The lowest BCUT2D eigenvalue weighted by Crippen LogP contribution is -1.93. The van der Waals surface area contributed by atoms with Gasteiger partial charge in [0, 0.05) is 51.0 Å². The summed E-state index contributed by atoms with van der Waals surface area (Å²) >= 11 is 0. The highest BCUT2D eigenvalue weighted by Gasteiger charge is 2.17. The van der Waals surface area contributed by atoms with E-state index in [0.29, 0.717) is 0 Å². The Kier molecular flexibility index (Phi) is 2.44. The van der Waals surface area contributed by atoms with E-state index in [4.69, 9.17) is 4.98 Å². The average Bonchev–Trinajstić information content (AvgIpc) is 3.32. The Morgan fingerprint density at radius 1 is 0.750 bits per heavy atom. The van der Waals surface area contributed by atoms with Crippen LogP contribution in [-0.2, 0) is 0 Å². The number of rotatable bonds is 0. The standard InChI is InChI=1S/C23H13N5/c1-2-5-17-13(4-1)14-7-8-15-20(21(14)26-17)16-12-24-11-9-19(16)28-22(15)27-18-6-3-10-25-23(18)28/h1-12,26H. The molecular weight excluding hydrogens is 346 g/mol. The van der Waals surface area contributed by atoms with Gasteiger partial charge in [-0.25, -0.2) is 9.97 Å². The lowest BCUT2D eigenvalue weighted by atomic mass is 10.0. The molecule has 0 aliphatic heterocycles. The monoisotopic (exact) mass is 359 g/mol. The summed E-state index contributed by atoms with van der Waals surface area (Å²) in [6.07, 6.45) is 5.58. The van der Waals surface area contributed by atoms with Gasteiger partial charge in [0.15, 0.2) is 5.65 Å². The van der Waals surface area contributed by atoms with Crippen LogP contribution in [0, 0.1) is 0 Å². The molecule has 1 N–H and O–H groups in total. The van der Waals surface area contributed by atoms with Crippen LogP contribution in [0.2, 0.25) is 0 Å². The van der Waals surface area contributed by atoms with Crippen LogP contribution < -0.4 is 0 Å². The summed E-state index contributed by atoms with van der Waals surface area (Å²) in [5.74, 6) is 0. The number of para-hydroxylation sites is 1. The summed E-state index contributed by atoms with van der Waals surface area (Å²) in [7, 11) is 0. The van der Waals surface area contributed by atoms with Crippen molar-refractivity contribution in [2.75, 3.05) is 0 Å². The van der Waals surface area contributed by atoms with Gasteiger partial charge in [-0.15, -0.1) is 0 Å². The average molecular weight is 359 g/mol. The molecule has 7 aromatic rings. The molecule has 130 valence electrons. The van der Waals surface area contributed by atoms with Gasteiger partial charge in [-0.2, -0.15) is 0 Å². The molecule has 0 unspecified atom stereocenters. The number of H-pyrrole nitrogens is 1. The molecular formula is C23H13N5. The van der Waals surface area contributed by atoms with Crippen molar-refractivity contribution < 1.29 is 0 Å². The van der Waals surface area contributed by atoms with Crippen molar-refractivity contribution >= 4 is 60.3 Å². The lowest BCUT2D eigenvalue weighted by Gasteiger charge is -2.09. The van der Waals surface area contributed by atoms with Gasteiger partial charge in [-0.3, -0.25) is 9.38 Å². The summed E-state index contributed by atoms with van der Waals surface area (Å²) < 4.78 is 2.14. The predicted molar refractivity (Wildman–Crippen MR) is 113 cm³/mol. The van der Waals surface area contributed by atoms with Crippen LogP contribution in [0.4, 0.5) is 0 Å². The van der Waals surface area contributed by atoms with Crippen molar-refractivity contribution in [1.29, 1.82) is 0 Å². The molecule has 0 saturated carbocycles. The minimum atomic E-state index is 0.868. The van der Waals surface area contributed by atoms with Gasteiger partial charge in [0.25, 0.3) is 0 Å². The molecule has 28 heavy (non-hydrogen) atoms. The Hall–Kier alpha value is -3.99. The summed E-state index contributed by atoms with van der Waals surface area (Å²) in [4.78, 5) is 17.6. The van der Waals surface area contributed by atoms with Crippen molar-refractivity contribution in [3.05, 3.63) is 73.2 Å². The Labute approximate surface area is 158 Å². The van der Waals surface area contributed by atoms with Crippen LogP contribution >= 0.6 is 0 Å². The minimum absolute atomic E-state index is 0.868. The maximum Gasteiger partial charge on any atom is 0.164 e. The maximum absolute atomic E-state index is 4.92. The fourth-order valence-electron chi connectivity index (χ4n) is 4.48. The number of fused-ring (bicyclic) bond motifs is 12. The zero-order chi connectivity index (χ0) is 18.2. The molecule has 5 aromatic heterocycles. The van der Waals surface area contributed by atoms with Gasteiger partial charge in [-0.05, 0) is 30.3 Å². The van der Waals surface area contributed by atoms with E-state index in [1.807, 2.05) is 36.8 Å². The van der Waals surface area contributed by atoms with Crippen LogP contribution in [0.1, 0.15) is 0 Å². The molecule has 0 atom stereocenters. The zero-order valence-electron chi connectivity index (χ0n) is 14.7. The van der Waals surface area contributed by atoms with E-state index >= 15 is 0 Å². The molecule has 0 fully saturated rings. The Morgan fingerprint density at radius 3 is 2.68 bits per heavy atom. The third-order valence-corrected chi connectivity index (χ3v) is 5.65. The molecule has 0 amide bonds. The normalized spacial score (nSPS) is 12.3. The summed E-state index contributed by atoms with van der Waals surface area (Å²) in [5.41, 5.74) is 6.00. The quantitative estimate of drug-likeness (QED) is 0.378. The first-order valence-electron chi connectivity index (χ1n) is 9.22. The number of hydrogen-bond donors (Lipinski definition) is 1. The number of aromatic nitrogens is 5. The van der Waals surface area contributed by atoms with Crippen LogP contribution in [0.25, 0.3) is 60.3 Å². The lowest BCUT2D eigenvalue weighted by molar-refractivity contribution is 1.24. The van der Waals surface area contributed by atoms with Crippen LogP contribution in [0.5, 0.6) is 0 Å². The van der Waals surface area contributed by atoms with Crippen molar-refractivity contribution in [1.82, 2.24) is 24.3 Å². The number of benzene rings is 2. The molecule has 0 aliphatic rings. The van der Waals surface area contributed by atoms with Crippen LogP contribution in [0.15, 0.2) is 73.2 Å². The highest BCUT2D eigenvalue weighted by molar-refractivity contribution is 6.26. The molecule has 5 heterocycles. The highest BCUT2D eigenvalue weighted by atomic mass is 15.1. The van der Waals surface area contributed by atoms with Crippen LogP contribution in [-0.4, -0.2) is 24.3 Å². The summed E-state index contributed by atoms with van der Waals surface area (Å²) in [6.45, 7) is 0. The second-order valence-electron chi connectivity index (χ2n) is 7.09. The molecule has 0 saturated heterocycles. The van der Waals surface area contributed by atoms with E-state index in [-0.39, 0.29) is 0 Å². The van der Waals surface area contributed by atoms with E-state index in [9.17, 15) is 0 Å². The highest BCUT2D eigenvalue weighted by Crippen LogP contribution is 2.37. The second kappa shape index (κ2) is 4.84. The Balaban J connectivity index is 1.87. The number of nitrogens with zero attached hydrogens (tertiary/aromatic N) is 4. The van der Waals surface area contributed by atoms with Gasteiger partial charge in [0.2, 0.25) is 0 Å². The van der Waals surface area contributed by atoms with Gasteiger partial charge < -0.3 is 4.98 Å². The number of imidazole rings is 1. The van der Waals surface area contributed by atoms with Gasteiger partial charge in [0.1, 0.15) is 11.2 Å². The van der Waals surface area contributed by atoms with E-state index in [2.05, 4.69) is 55.8 Å². The number of nitrogens with one attached hydrogen (secondary N) is 1. The topological polar surface area (TPSA) is 58.9 Å². The number of pyridine rings is 3. The zero-order valence-corrected chi connectivity index (χ0v) is 14.7. The third kappa shape index (κ3) is 1.60. The van der Waals surface area contributed by atoms with Crippen molar-refractivity contribution in [3.63, 3.8) is 0 Å². The number of aromatic amines is 1. The fraction of sp³-hybridized carbons (Fsp3) is 0. The molecule has 7 rings (SSSR count). The molecule has 0 bridgehead atoms. The third-order valence-electron chi connectivity index (χ3n) is 5.65. The molecule has 0 radical (unpaired) electrons. The van der Waals surface area contributed by atoms with E-state index < -0.39 is 0 Å². The molecule has 5 nitrogen and oxygen atoms in total. The predicted octanol–water partition coefficient (Wildman–Crippen LogP) is 5.22. The van der Waals surface area contributed by atoms with Gasteiger partial charge in [0.05, 0.1) is 11.0 Å². The SMILES string of the molecule is c1cnc2c(c1)nc1c3ccc4c5ccccc5[nH]c4c3c3cnccc3n21. The largest absolute Gasteiger partial charge is 0.354 e. The van der Waals surface area contributed by atoms with Crippen molar-refractivity contribution in [2.24, 2.45) is 0 Å². The smallest absolute Gasteiger partial charge is 0.164 e. The first kappa shape index (κ1) is 14.1. The number of hydrogen-bond acceptors (Lipinski definition) is 3. The molecule has 5 heteroatoms. The van der Waals surface area contributed by atoms with Crippen molar-refractivity contribution in [3.8, 4) is 0 Å². The van der Waals surface area contributed by atoms with Crippen LogP contribution in [0.3, 0.4) is 0 Å². The minimum Gasteiger partial charge on any atom is -0.354 e. The van der Waals surface area contributed by atoms with Gasteiger partial charge >= 0.3 is 0 Å². The van der Waals surface area contributed by atoms with E-state index in [1.165, 1.54) is 10.8 Å². The van der Waals surface area contributed by atoms with Crippen molar-refractivity contribution in [2.45, 2.75) is 0 Å². The fourth-order valence-corrected chi connectivity index (χ4v) is 4.48. The molecule has 0 spiro atoms. The molecule has 0 aliphatic carbocycles. The first-order valence-corrected chi connectivity index (χ1v) is 9.22. The molecule has 2 aromatic carbocycles. The maximum atomic E-state index is 4.92. The van der Waals surface area contributed by atoms with Gasteiger partial charge in [-0.1, -0.05) is 24.3 Å². The summed E-state index contributed by atoms with van der Waals surface area (Å²) in [5, 5.41) is 5.78. The van der Waals surface area contributed by atoms with E-state index in [1.54, 1.807) is 0 Å². The second-order valence-corrected chi connectivity index (χ2v) is 7.09. The first-order chi connectivity index (χ1) is 13.9.